The van der Waals surface area contributed by atoms with E-state index in [9.17, 15) is 9.59 Å². The van der Waals surface area contributed by atoms with Crippen molar-refractivity contribution in [2.45, 2.75) is 20.3 Å². The molecule has 0 aromatic heterocycles. The van der Waals surface area contributed by atoms with Crippen molar-refractivity contribution in [2.75, 3.05) is 33.7 Å². The predicted octanol–water partition coefficient (Wildman–Crippen LogP) is 1.98. The molecule has 1 amide bonds. The van der Waals surface area contributed by atoms with E-state index in [-0.39, 0.29) is 18.2 Å². The van der Waals surface area contributed by atoms with Crippen molar-refractivity contribution >= 4 is 11.7 Å². The Kier molecular flexibility index (Phi) is 6.39. The molecule has 0 aliphatic heterocycles. The number of hydrogen-bond donors (Lipinski definition) is 0. The molecule has 1 aromatic rings. The van der Waals surface area contributed by atoms with Gasteiger partial charge in [0.1, 0.15) is 0 Å². The number of carbonyl (C=O) groups excluding carboxylic acids is 2. The Labute approximate surface area is 121 Å². The van der Waals surface area contributed by atoms with Crippen molar-refractivity contribution in [3.05, 3.63) is 35.4 Å². The third kappa shape index (κ3) is 5.13. The van der Waals surface area contributed by atoms with Crippen LogP contribution in [0.15, 0.2) is 24.3 Å². The van der Waals surface area contributed by atoms with E-state index in [1.807, 2.05) is 43.0 Å². The van der Waals surface area contributed by atoms with Crippen molar-refractivity contribution < 1.29 is 9.59 Å². The van der Waals surface area contributed by atoms with E-state index in [2.05, 4.69) is 0 Å². The molecular weight excluding hydrogens is 252 g/mol. The van der Waals surface area contributed by atoms with Gasteiger partial charge in [-0.25, -0.2) is 0 Å². The maximum Gasteiger partial charge on any atom is 0.236 e. The van der Waals surface area contributed by atoms with Gasteiger partial charge in [-0.2, -0.15) is 0 Å². The average Bonchev–Trinajstić information content (AvgIpc) is 2.39. The number of ketones is 1. The van der Waals surface area contributed by atoms with Crippen LogP contribution in [0.4, 0.5) is 0 Å². The number of hydrogen-bond acceptors (Lipinski definition) is 3. The lowest BCUT2D eigenvalue weighted by Gasteiger charge is -2.22. The van der Waals surface area contributed by atoms with Gasteiger partial charge in [-0.1, -0.05) is 36.8 Å². The SMILES string of the molecule is CCCN(CC(=O)c1ccc(C)cc1)CC(=O)N(C)C. The zero-order valence-corrected chi connectivity index (χ0v) is 12.8. The van der Waals surface area contributed by atoms with Gasteiger partial charge in [0.05, 0.1) is 13.1 Å². The van der Waals surface area contributed by atoms with Crippen LogP contribution in [0.3, 0.4) is 0 Å². The van der Waals surface area contributed by atoms with Crippen LogP contribution < -0.4 is 0 Å². The highest BCUT2D eigenvalue weighted by Crippen LogP contribution is 2.06. The first-order chi connectivity index (χ1) is 9.43. The quantitative estimate of drug-likeness (QED) is 0.715. The Bertz CT molecular complexity index is 452. The minimum Gasteiger partial charge on any atom is -0.348 e. The Balaban J connectivity index is 2.67. The second-order valence-corrected chi connectivity index (χ2v) is 5.29. The Morgan fingerprint density at radius 1 is 1.05 bits per heavy atom. The first-order valence-corrected chi connectivity index (χ1v) is 6.96. The second kappa shape index (κ2) is 7.80. The van der Waals surface area contributed by atoms with Gasteiger partial charge in [-0.15, -0.1) is 0 Å². The van der Waals surface area contributed by atoms with Crippen LogP contribution in [0.2, 0.25) is 0 Å². The summed E-state index contributed by atoms with van der Waals surface area (Å²) < 4.78 is 0. The minimum atomic E-state index is 0.0233. The van der Waals surface area contributed by atoms with E-state index in [1.54, 1.807) is 19.0 Å². The van der Waals surface area contributed by atoms with Gasteiger partial charge in [-0.05, 0) is 19.9 Å². The Morgan fingerprint density at radius 3 is 2.15 bits per heavy atom. The molecule has 0 unspecified atom stereocenters. The summed E-state index contributed by atoms with van der Waals surface area (Å²) >= 11 is 0. The van der Waals surface area contributed by atoms with E-state index in [0.717, 1.165) is 18.5 Å². The zero-order chi connectivity index (χ0) is 15.1. The summed E-state index contributed by atoms with van der Waals surface area (Å²) in [5, 5.41) is 0. The standard InChI is InChI=1S/C16H24N2O2/c1-5-10-18(12-16(20)17(3)4)11-15(19)14-8-6-13(2)7-9-14/h6-9H,5,10-12H2,1-4H3. The molecule has 0 fully saturated rings. The second-order valence-electron chi connectivity index (χ2n) is 5.29. The molecule has 110 valence electrons. The molecule has 20 heavy (non-hydrogen) atoms. The molecule has 0 saturated heterocycles. The number of amides is 1. The molecule has 0 bridgehead atoms. The zero-order valence-electron chi connectivity index (χ0n) is 12.8. The van der Waals surface area contributed by atoms with E-state index >= 15 is 0 Å². The van der Waals surface area contributed by atoms with Gasteiger partial charge < -0.3 is 4.90 Å². The largest absolute Gasteiger partial charge is 0.348 e. The fourth-order valence-electron chi connectivity index (χ4n) is 1.90. The molecule has 4 heteroatoms. The van der Waals surface area contributed by atoms with Crippen LogP contribution >= 0.6 is 0 Å². The number of Topliss-reactive ketones (excluding diaryl/α,β-unsaturated/α-hetero) is 1. The van der Waals surface area contributed by atoms with Crippen molar-refractivity contribution in [2.24, 2.45) is 0 Å². The number of carbonyl (C=O) groups is 2. The minimum absolute atomic E-state index is 0.0233. The number of rotatable bonds is 7. The monoisotopic (exact) mass is 276 g/mol. The van der Waals surface area contributed by atoms with Crippen LogP contribution in [0.1, 0.15) is 29.3 Å². The molecule has 0 saturated carbocycles. The smallest absolute Gasteiger partial charge is 0.236 e. The highest BCUT2D eigenvalue weighted by molar-refractivity contribution is 5.97. The van der Waals surface area contributed by atoms with Crippen LogP contribution in [-0.4, -0.2) is 55.2 Å². The van der Waals surface area contributed by atoms with Gasteiger partial charge in [-0.3, -0.25) is 14.5 Å². The van der Waals surface area contributed by atoms with E-state index in [0.29, 0.717) is 12.1 Å². The van der Waals surface area contributed by atoms with Gasteiger partial charge in [0.15, 0.2) is 5.78 Å². The first kappa shape index (κ1) is 16.4. The van der Waals surface area contributed by atoms with E-state index < -0.39 is 0 Å². The number of aryl methyl sites for hydroxylation is 1. The molecule has 1 rings (SSSR count). The summed E-state index contributed by atoms with van der Waals surface area (Å²) in [4.78, 5) is 27.5. The fourth-order valence-corrected chi connectivity index (χ4v) is 1.90. The van der Waals surface area contributed by atoms with E-state index in [4.69, 9.17) is 0 Å². The van der Waals surface area contributed by atoms with Crippen molar-refractivity contribution in [3.8, 4) is 0 Å². The highest BCUT2D eigenvalue weighted by Gasteiger charge is 2.16. The number of nitrogens with zero attached hydrogens (tertiary/aromatic N) is 2. The van der Waals surface area contributed by atoms with E-state index in [1.165, 1.54) is 0 Å². The third-order valence-electron chi connectivity index (χ3n) is 3.14. The number of likely N-dealkylation sites (N-methyl/N-ethyl adjacent to an activating group) is 1. The lowest BCUT2D eigenvalue weighted by atomic mass is 10.1. The highest BCUT2D eigenvalue weighted by atomic mass is 16.2. The number of benzene rings is 1. The molecule has 4 nitrogen and oxygen atoms in total. The summed E-state index contributed by atoms with van der Waals surface area (Å²) in [6, 6.07) is 7.55. The molecule has 1 aromatic carbocycles. The first-order valence-electron chi connectivity index (χ1n) is 6.96. The topological polar surface area (TPSA) is 40.6 Å². The predicted molar refractivity (Wildman–Crippen MR) is 80.9 cm³/mol. The van der Waals surface area contributed by atoms with Gasteiger partial charge >= 0.3 is 0 Å². The lowest BCUT2D eigenvalue weighted by Crippen LogP contribution is -2.39. The van der Waals surface area contributed by atoms with Gasteiger partial charge in [0.2, 0.25) is 5.91 Å². The van der Waals surface area contributed by atoms with Gasteiger partial charge in [0, 0.05) is 19.7 Å². The summed E-state index contributed by atoms with van der Waals surface area (Å²) in [5.74, 6) is 0.0835. The van der Waals surface area contributed by atoms with Crippen molar-refractivity contribution in [1.82, 2.24) is 9.80 Å². The Morgan fingerprint density at radius 2 is 1.65 bits per heavy atom. The molecule has 0 N–H and O–H groups in total. The summed E-state index contributed by atoms with van der Waals surface area (Å²) in [6.45, 7) is 5.36. The van der Waals surface area contributed by atoms with Gasteiger partial charge in [0.25, 0.3) is 0 Å². The maximum absolute atomic E-state index is 12.2. The van der Waals surface area contributed by atoms with Crippen LogP contribution in [0.5, 0.6) is 0 Å². The fraction of sp³-hybridized carbons (Fsp3) is 0.500. The molecule has 0 aliphatic carbocycles. The summed E-state index contributed by atoms with van der Waals surface area (Å²) in [5.41, 5.74) is 1.84. The summed E-state index contributed by atoms with van der Waals surface area (Å²) in [6.07, 6.45) is 0.919. The van der Waals surface area contributed by atoms with Crippen LogP contribution in [0, 0.1) is 6.92 Å². The van der Waals surface area contributed by atoms with Crippen molar-refractivity contribution in [3.63, 3.8) is 0 Å². The Hall–Kier alpha value is -1.68. The van der Waals surface area contributed by atoms with Crippen LogP contribution in [0.25, 0.3) is 0 Å². The lowest BCUT2D eigenvalue weighted by molar-refractivity contribution is -0.129. The molecule has 0 aliphatic rings. The summed E-state index contributed by atoms with van der Waals surface area (Å²) in [7, 11) is 3.46. The van der Waals surface area contributed by atoms with Crippen LogP contribution in [-0.2, 0) is 4.79 Å². The molecule has 0 radical (unpaired) electrons. The molecule has 0 spiro atoms. The molecule has 0 heterocycles. The molecular formula is C16H24N2O2. The normalized spacial score (nSPS) is 10.7. The third-order valence-corrected chi connectivity index (χ3v) is 3.14. The average molecular weight is 276 g/mol. The van der Waals surface area contributed by atoms with Crippen molar-refractivity contribution in [1.29, 1.82) is 0 Å². The maximum atomic E-state index is 12.2. The molecule has 0 atom stereocenters.